The number of halogens is 1. The van der Waals surface area contributed by atoms with Gasteiger partial charge in [0.1, 0.15) is 5.82 Å². The van der Waals surface area contributed by atoms with Gasteiger partial charge in [-0.05, 0) is 34.0 Å². The normalized spacial score (nSPS) is 14.0. The molecule has 0 heterocycles. The summed E-state index contributed by atoms with van der Waals surface area (Å²) < 4.78 is 13.0. The van der Waals surface area contributed by atoms with E-state index in [0.29, 0.717) is 5.56 Å². The minimum absolute atomic E-state index is 0.314. The molecule has 0 unspecified atom stereocenters. The smallest absolute Gasteiger partial charge is 0.123 e. The Balaban J connectivity index is 2.00. The molecule has 0 saturated heterocycles. The summed E-state index contributed by atoms with van der Waals surface area (Å²) in [6.07, 6.45) is -0.846. The van der Waals surface area contributed by atoms with Crippen LogP contribution < -0.4 is 5.73 Å². The van der Waals surface area contributed by atoms with Crippen molar-refractivity contribution in [1.29, 1.82) is 0 Å². The van der Waals surface area contributed by atoms with Crippen LogP contribution in [0.3, 0.4) is 0 Å². The molecule has 0 aliphatic heterocycles. The Hall–Kier alpha value is -2.23. The van der Waals surface area contributed by atoms with Crippen LogP contribution in [0.4, 0.5) is 4.39 Å². The Morgan fingerprint density at radius 3 is 2.29 bits per heavy atom. The van der Waals surface area contributed by atoms with Crippen molar-refractivity contribution < 1.29 is 9.50 Å². The highest BCUT2D eigenvalue weighted by molar-refractivity contribution is 5.86. The van der Waals surface area contributed by atoms with Crippen molar-refractivity contribution in [2.75, 3.05) is 0 Å². The second kappa shape index (κ2) is 5.64. The van der Waals surface area contributed by atoms with E-state index in [4.69, 9.17) is 5.73 Å². The summed E-state index contributed by atoms with van der Waals surface area (Å²) in [6.45, 7) is 0. The highest BCUT2D eigenvalue weighted by Crippen LogP contribution is 2.31. The van der Waals surface area contributed by atoms with Gasteiger partial charge in [0.05, 0.1) is 12.1 Å². The lowest BCUT2D eigenvalue weighted by Crippen LogP contribution is -2.19. The number of nitrogens with two attached hydrogens (primary N) is 1. The quantitative estimate of drug-likeness (QED) is 0.768. The molecule has 0 spiro atoms. The first kappa shape index (κ1) is 13.7. The van der Waals surface area contributed by atoms with Gasteiger partial charge in [-0.25, -0.2) is 4.39 Å². The summed E-state index contributed by atoms with van der Waals surface area (Å²) >= 11 is 0. The number of hydrogen-bond acceptors (Lipinski definition) is 2. The molecule has 0 amide bonds. The zero-order valence-electron chi connectivity index (χ0n) is 11.4. The third-order valence-corrected chi connectivity index (χ3v) is 3.74. The maximum Gasteiger partial charge on any atom is 0.123 e. The summed E-state index contributed by atoms with van der Waals surface area (Å²) in [5.74, 6) is -0.314. The molecule has 0 aliphatic rings. The van der Waals surface area contributed by atoms with Gasteiger partial charge < -0.3 is 10.8 Å². The molecule has 0 fully saturated rings. The molecule has 0 saturated carbocycles. The number of benzene rings is 3. The maximum atomic E-state index is 13.0. The number of aliphatic hydroxyl groups is 1. The van der Waals surface area contributed by atoms with E-state index in [0.717, 1.165) is 16.3 Å². The third kappa shape index (κ3) is 2.66. The Morgan fingerprint density at radius 1 is 0.857 bits per heavy atom. The molecule has 3 N–H and O–H groups in total. The molecule has 3 heteroatoms. The van der Waals surface area contributed by atoms with E-state index in [2.05, 4.69) is 0 Å². The molecule has 0 bridgehead atoms. The summed E-state index contributed by atoms with van der Waals surface area (Å²) in [6, 6.07) is 18.9. The Labute approximate surface area is 122 Å². The Kier molecular flexibility index (Phi) is 3.69. The highest BCUT2D eigenvalue weighted by atomic mass is 19.1. The zero-order valence-corrected chi connectivity index (χ0v) is 11.4. The van der Waals surface area contributed by atoms with Gasteiger partial charge in [-0.1, -0.05) is 54.6 Å². The van der Waals surface area contributed by atoms with Crippen molar-refractivity contribution in [3.63, 3.8) is 0 Å². The monoisotopic (exact) mass is 281 g/mol. The molecule has 21 heavy (non-hydrogen) atoms. The lowest BCUT2D eigenvalue weighted by Gasteiger charge is -2.21. The van der Waals surface area contributed by atoms with E-state index in [1.54, 1.807) is 12.1 Å². The van der Waals surface area contributed by atoms with Crippen LogP contribution >= 0.6 is 0 Å². The first-order valence-electron chi connectivity index (χ1n) is 6.83. The zero-order chi connectivity index (χ0) is 14.8. The standard InChI is InChI=1S/C18H16FNO/c19-14-10-8-13(9-11-14)17(20)18(21)16-7-3-5-12-4-1-2-6-15(12)16/h1-11,17-18,21H,20H2/t17-,18-/m0/s1. The second-order valence-electron chi connectivity index (χ2n) is 5.09. The van der Waals surface area contributed by atoms with Crippen LogP contribution in [-0.2, 0) is 0 Å². The van der Waals surface area contributed by atoms with Gasteiger partial charge in [-0.3, -0.25) is 0 Å². The topological polar surface area (TPSA) is 46.2 Å². The molecule has 3 aromatic carbocycles. The molecule has 106 valence electrons. The van der Waals surface area contributed by atoms with Gasteiger partial charge in [-0.15, -0.1) is 0 Å². The fraction of sp³-hybridized carbons (Fsp3) is 0.111. The highest BCUT2D eigenvalue weighted by Gasteiger charge is 2.20. The van der Waals surface area contributed by atoms with Gasteiger partial charge in [-0.2, -0.15) is 0 Å². The van der Waals surface area contributed by atoms with Crippen molar-refractivity contribution in [1.82, 2.24) is 0 Å². The SMILES string of the molecule is N[C@@H](c1ccc(F)cc1)[C@@H](O)c1cccc2ccccc12. The average molecular weight is 281 g/mol. The van der Waals surface area contributed by atoms with E-state index in [9.17, 15) is 9.50 Å². The predicted molar refractivity (Wildman–Crippen MR) is 82.2 cm³/mol. The van der Waals surface area contributed by atoms with Crippen LogP contribution in [0.15, 0.2) is 66.7 Å². The minimum atomic E-state index is -0.846. The maximum absolute atomic E-state index is 13.0. The summed E-state index contributed by atoms with van der Waals surface area (Å²) in [7, 11) is 0. The molecule has 3 rings (SSSR count). The van der Waals surface area contributed by atoms with Crippen LogP contribution in [0, 0.1) is 5.82 Å². The summed E-state index contributed by atoms with van der Waals surface area (Å²) in [5, 5.41) is 12.6. The van der Waals surface area contributed by atoms with Crippen LogP contribution in [0.1, 0.15) is 23.3 Å². The third-order valence-electron chi connectivity index (χ3n) is 3.74. The molecule has 0 aromatic heterocycles. The van der Waals surface area contributed by atoms with E-state index >= 15 is 0 Å². The number of hydrogen-bond donors (Lipinski definition) is 2. The summed E-state index contributed by atoms with van der Waals surface area (Å²) in [4.78, 5) is 0. The molecule has 3 aromatic rings. The van der Waals surface area contributed by atoms with Crippen molar-refractivity contribution in [3.8, 4) is 0 Å². The van der Waals surface area contributed by atoms with Gasteiger partial charge in [0, 0.05) is 0 Å². The predicted octanol–water partition coefficient (Wildman–Crippen LogP) is 3.71. The fourth-order valence-electron chi connectivity index (χ4n) is 2.57. The van der Waals surface area contributed by atoms with Gasteiger partial charge >= 0.3 is 0 Å². The Morgan fingerprint density at radius 2 is 1.52 bits per heavy atom. The van der Waals surface area contributed by atoms with Crippen molar-refractivity contribution >= 4 is 10.8 Å². The number of aliphatic hydroxyl groups excluding tert-OH is 1. The van der Waals surface area contributed by atoms with Gasteiger partial charge in [0.25, 0.3) is 0 Å². The van der Waals surface area contributed by atoms with Crippen LogP contribution in [0.2, 0.25) is 0 Å². The van der Waals surface area contributed by atoms with Crippen molar-refractivity contribution in [2.24, 2.45) is 5.73 Å². The van der Waals surface area contributed by atoms with Crippen molar-refractivity contribution in [3.05, 3.63) is 83.7 Å². The van der Waals surface area contributed by atoms with Gasteiger partial charge in [0.15, 0.2) is 0 Å². The molecular weight excluding hydrogens is 265 g/mol. The molecular formula is C18H16FNO. The number of rotatable bonds is 3. The Bertz CT molecular complexity index is 749. The first-order valence-corrected chi connectivity index (χ1v) is 6.83. The molecule has 2 atom stereocenters. The molecule has 0 radical (unpaired) electrons. The fourth-order valence-corrected chi connectivity index (χ4v) is 2.57. The van der Waals surface area contributed by atoms with Crippen molar-refractivity contribution in [2.45, 2.75) is 12.1 Å². The first-order chi connectivity index (χ1) is 10.2. The summed E-state index contributed by atoms with van der Waals surface area (Å²) in [5.41, 5.74) is 7.63. The minimum Gasteiger partial charge on any atom is -0.386 e. The van der Waals surface area contributed by atoms with E-state index in [1.165, 1.54) is 12.1 Å². The molecule has 2 nitrogen and oxygen atoms in total. The van der Waals surface area contributed by atoms with Gasteiger partial charge in [0.2, 0.25) is 0 Å². The van der Waals surface area contributed by atoms with E-state index in [-0.39, 0.29) is 5.82 Å². The number of fused-ring (bicyclic) bond motifs is 1. The lowest BCUT2D eigenvalue weighted by molar-refractivity contribution is 0.148. The van der Waals surface area contributed by atoms with Crippen LogP contribution in [0.5, 0.6) is 0 Å². The van der Waals surface area contributed by atoms with E-state index in [1.807, 2.05) is 42.5 Å². The van der Waals surface area contributed by atoms with Crippen LogP contribution in [0.25, 0.3) is 10.8 Å². The largest absolute Gasteiger partial charge is 0.386 e. The van der Waals surface area contributed by atoms with Crippen LogP contribution in [-0.4, -0.2) is 5.11 Å². The lowest BCUT2D eigenvalue weighted by atomic mass is 9.93. The average Bonchev–Trinajstić information content (AvgIpc) is 2.53. The molecule has 0 aliphatic carbocycles. The second-order valence-corrected chi connectivity index (χ2v) is 5.09. The van der Waals surface area contributed by atoms with E-state index < -0.39 is 12.1 Å².